The first-order chi connectivity index (χ1) is 4.79. The molecule has 0 unspecified atom stereocenters. The van der Waals surface area contributed by atoms with E-state index in [0.29, 0.717) is 0 Å². The molecule has 5 nitrogen and oxygen atoms in total. The van der Waals surface area contributed by atoms with Gasteiger partial charge in [0.1, 0.15) is 12.8 Å². The standard InChI is InChI=1S/C5H6N2O3/c8-4(9)3-7-5-6-1-2-10-5/h1-2H,3H2,(H,6,7)(H,8,9). The normalized spacial score (nSPS) is 9.20. The van der Waals surface area contributed by atoms with Gasteiger partial charge in [0.15, 0.2) is 0 Å². The van der Waals surface area contributed by atoms with Crippen LogP contribution in [0.2, 0.25) is 0 Å². The SMILES string of the molecule is O=C(O)CNc1ncco1. The smallest absolute Gasteiger partial charge is 0.323 e. The molecule has 1 rings (SSSR count). The molecule has 0 atom stereocenters. The van der Waals surface area contributed by atoms with Gasteiger partial charge >= 0.3 is 5.97 Å². The van der Waals surface area contributed by atoms with E-state index in [1.165, 1.54) is 12.5 Å². The molecule has 0 fully saturated rings. The summed E-state index contributed by atoms with van der Waals surface area (Å²) in [4.78, 5) is 13.6. The van der Waals surface area contributed by atoms with E-state index in [-0.39, 0.29) is 12.6 Å². The molecule has 0 bridgehead atoms. The maximum absolute atomic E-state index is 9.96. The second-order valence-electron chi connectivity index (χ2n) is 1.58. The lowest BCUT2D eigenvalue weighted by Gasteiger charge is -1.93. The fourth-order valence-corrected chi connectivity index (χ4v) is 0.462. The third-order valence-electron chi connectivity index (χ3n) is 0.823. The van der Waals surface area contributed by atoms with Gasteiger partial charge < -0.3 is 14.8 Å². The molecule has 2 N–H and O–H groups in total. The van der Waals surface area contributed by atoms with Gasteiger partial charge in [-0.25, -0.2) is 4.98 Å². The number of aromatic nitrogens is 1. The molecule has 54 valence electrons. The number of carboxylic acids is 1. The van der Waals surface area contributed by atoms with Gasteiger partial charge in [-0.15, -0.1) is 0 Å². The molecule has 0 saturated heterocycles. The van der Waals surface area contributed by atoms with Crippen LogP contribution in [0.3, 0.4) is 0 Å². The number of rotatable bonds is 3. The van der Waals surface area contributed by atoms with Crippen LogP contribution in [-0.4, -0.2) is 22.6 Å². The third kappa shape index (κ3) is 1.77. The van der Waals surface area contributed by atoms with Crippen molar-refractivity contribution in [3.8, 4) is 0 Å². The van der Waals surface area contributed by atoms with Crippen LogP contribution < -0.4 is 5.32 Å². The first kappa shape index (κ1) is 6.60. The van der Waals surface area contributed by atoms with Crippen molar-refractivity contribution in [3.05, 3.63) is 12.5 Å². The van der Waals surface area contributed by atoms with Crippen molar-refractivity contribution < 1.29 is 14.3 Å². The number of hydrogen-bond donors (Lipinski definition) is 2. The van der Waals surface area contributed by atoms with Crippen molar-refractivity contribution in [2.45, 2.75) is 0 Å². The lowest BCUT2D eigenvalue weighted by Crippen LogP contribution is -2.12. The highest BCUT2D eigenvalue weighted by atomic mass is 16.4. The van der Waals surface area contributed by atoms with Crippen LogP contribution in [0.4, 0.5) is 6.01 Å². The van der Waals surface area contributed by atoms with E-state index < -0.39 is 5.97 Å². The predicted molar refractivity (Wildman–Crippen MR) is 32.6 cm³/mol. The Morgan fingerprint density at radius 1 is 1.90 bits per heavy atom. The summed E-state index contributed by atoms with van der Waals surface area (Å²) in [5.41, 5.74) is 0. The molecule has 1 aromatic heterocycles. The van der Waals surface area contributed by atoms with E-state index in [0.717, 1.165) is 0 Å². The minimum absolute atomic E-state index is 0.180. The van der Waals surface area contributed by atoms with E-state index in [4.69, 9.17) is 9.52 Å². The number of carbonyl (C=O) groups is 1. The molecule has 0 amide bonds. The van der Waals surface area contributed by atoms with Crippen LogP contribution in [0.5, 0.6) is 0 Å². The Labute approximate surface area is 56.7 Å². The number of hydrogen-bond acceptors (Lipinski definition) is 4. The Bertz CT molecular complexity index is 207. The topological polar surface area (TPSA) is 75.4 Å². The van der Waals surface area contributed by atoms with Gasteiger partial charge in [-0.1, -0.05) is 0 Å². The van der Waals surface area contributed by atoms with Gasteiger partial charge in [0, 0.05) is 0 Å². The van der Waals surface area contributed by atoms with Crippen molar-refractivity contribution in [3.63, 3.8) is 0 Å². The molecule has 1 aromatic rings. The molecule has 0 saturated carbocycles. The van der Waals surface area contributed by atoms with Crippen LogP contribution in [0.1, 0.15) is 0 Å². The molecule has 0 aliphatic carbocycles. The molecule has 0 radical (unpaired) electrons. The van der Waals surface area contributed by atoms with Crippen molar-refractivity contribution in [1.82, 2.24) is 4.98 Å². The number of oxazole rings is 1. The summed E-state index contributed by atoms with van der Waals surface area (Å²) < 4.78 is 4.70. The molecule has 0 aliphatic heterocycles. The molecule has 5 heteroatoms. The van der Waals surface area contributed by atoms with E-state index in [2.05, 4.69) is 10.3 Å². The summed E-state index contributed by atoms with van der Waals surface area (Å²) in [6, 6.07) is 0.224. The zero-order valence-corrected chi connectivity index (χ0v) is 5.07. The Morgan fingerprint density at radius 2 is 2.70 bits per heavy atom. The van der Waals surface area contributed by atoms with Gasteiger partial charge in [0.25, 0.3) is 6.01 Å². The van der Waals surface area contributed by atoms with Gasteiger partial charge in [-0.3, -0.25) is 4.79 Å². The van der Waals surface area contributed by atoms with Crippen molar-refractivity contribution in [1.29, 1.82) is 0 Å². The first-order valence-corrected chi connectivity index (χ1v) is 2.64. The molecule has 1 heterocycles. The summed E-state index contributed by atoms with van der Waals surface area (Å²) in [6.45, 7) is -0.180. The molecule has 0 spiro atoms. The molecular weight excluding hydrogens is 136 g/mol. The van der Waals surface area contributed by atoms with E-state index >= 15 is 0 Å². The van der Waals surface area contributed by atoms with Crippen molar-refractivity contribution in [2.75, 3.05) is 11.9 Å². The predicted octanol–water partition coefficient (Wildman–Crippen LogP) is 0.171. The Hall–Kier alpha value is -1.52. The van der Waals surface area contributed by atoms with Crippen LogP contribution >= 0.6 is 0 Å². The number of nitrogens with zero attached hydrogens (tertiary/aromatic N) is 1. The molecule has 0 aromatic carbocycles. The lowest BCUT2D eigenvalue weighted by atomic mass is 10.7. The van der Waals surface area contributed by atoms with Gasteiger partial charge in [0.05, 0.1) is 6.20 Å². The van der Waals surface area contributed by atoms with Crippen LogP contribution in [-0.2, 0) is 4.79 Å². The third-order valence-corrected chi connectivity index (χ3v) is 0.823. The molecular formula is C5H6N2O3. The van der Waals surface area contributed by atoms with Crippen LogP contribution in [0.15, 0.2) is 16.9 Å². The number of aliphatic carboxylic acids is 1. The quantitative estimate of drug-likeness (QED) is 0.629. The highest BCUT2D eigenvalue weighted by Crippen LogP contribution is 1.98. The van der Waals surface area contributed by atoms with E-state index in [1.807, 2.05) is 0 Å². The fourth-order valence-electron chi connectivity index (χ4n) is 0.462. The summed E-state index contributed by atoms with van der Waals surface area (Å²) in [7, 11) is 0. The Balaban J connectivity index is 2.35. The highest BCUT2D eigenvalue weighted by Gasteiger charge is 1.98. The van der Waals surface area contributed by atoms with Crippen LogP contribution in [0, 0.1) is 0 Å². The minimum Gasteiger partial charge on any atom is -0.480 e. The summed E-state index contributed by atoms with van der Waals surface area (Å²) in [5.74, 6) is -0.946. The average Bonchev–Trinajstić information content (AvgIpc) is 2.34. The first-order valence-electron chi connectivity index (χ1n) is 2.64. The largest absolute Gasteiger partial charge is 0.480 e. The average molecular weight is 142 g/mol. The van der Waals surface area contributed by atoms with Gasteiger partial charge in [-0.2, -0.15) is 0 Å². The minimum atomic E-state index is -0.946. The fraction of sp³-hybridized carbons (Fsp3) is 0.200. The zero-order chi connectivity index (χ0) is 7.40. The Morgan fingerprint density at radius 3 is 3.20 bits per heavy atom. The van der Waals surface area contributed by atoms with E-state index in [9.17, 15) is 4.79 Å². The second kappa shape index (κ2) is 2.86. The molecule has 0 aliphatic rings. The van der Waals surface area contributed by atoms with Crippen molar-refractivity contribution in [2.24, 2.45) is 0 Å². The lowest BCUT2D eigenvalue weighted by molar-refractivity contribution is -0.134. The number of carboxylic acid groups (broad SMARTS) is 1. The number of nitrogens with one attached hydrogen (secondary N) is 1. The highest BCUT2D eigenvalue weighted by molar-refractivity contribution is 5.71. The summed E-state index contributed by atoms with van der Waals surface area (Å²) in [6.07, 6.45) is 2.80. The molecule has 10 heavy (non-hydrogen) atoms. The maximum Gasteiger partial charge on any atom is 0.323 e. The zero-order valence-electron chi connectivity index (χ0n) is 5.07. The maximum atomic E-state index is 9.96. The Kier molecular flexibility index (Phi) is 1.89. The van der Waals surface area contributed by atoms with Crippen LogP contribution in [0.25, 0.3) is 0 Å². The summed E-state index contributed by atoms with van der Waals surface area (Å²) >= 11 is 0. The van der Waals surface area contributed by atoms with Crippen molar-refractivity contribution >= 4 is 12.0 Å². The summed E-state index contributed by atoms with van der Waals surface area (Å²) in [5, 5.41) is 10.6. The second-order valence-corrected chi connectivity index (χ2v) is 1.58. The van der Waals surface area contributed by atoms with Gasteiger partial charge in [-0.05, 0) is 0 Å². The van der Waals surface area contributed by atoms with E-state index in [1.54, 1.807) is 0 Å². The monoisotopic (exact) mass is 142 g/mol. The van der Waals surface area contributed by atoms with Gasteiger partial charge in [0.2, 0.25) is 0 Å². The number of anilines is 1.